The summed E-state index contributed by atoms with van der Waals surface area (Å²) in [7, 11) is 1.45. The zero-order valence-electron chi connectivity index (χ0n) is 10.6. The van der Waals surface area contributed by atoms with Crippen molar-refractivity contribution in [2.75, 3.05) is 7.11 Å². The smallest absolute Gasteiger partial charge is 0.217 e. The summed E-state index contributed by atoms with van der Waals surface area (Å²) in [5.41, 5.74) is 0.0376. The number of ether oxygens (including phenoxy) is 1. The maximum atomic E-state index is 12.2. The number of aliphatic hydroxyl groups is 4. The lowest BCUT2D eigenvalue weighted by Gasteiger charge is -2.27. The van der Waals surface area contributed by atoms with Crippen LogP contribution >= 0.6 is 0 Å². The van der Waals surface area contributed by atoms with E-state index in [-0.39, 0.29) is 11.1 Å². The molecule has 1 aliphatic rings. The van der Waals surface area contributed by atoms with Crippen molar-refractivity contribution in [3.63, 3.8) is 0 Å². The van der Waals surface area contributed by atoms with Gasteiger partial charge in [0.25, 0.3) is 0 Å². The number of benzene rings is 1. The monoisotopic (exact) mass is 278 g/mol. The van der Waals surface area contributed by atoms with Crippen LogP contribution in [-0.4, -0.2) is 45.2 Å². The lowest BCUT2D eigenvalue weighted by atomic mass is 9.92. The van der Waals surface area contributed by atoms with Crippen LogP contribution in [0.15, 0.2) is 47.7 Å². The van der Waals surface area contributed by atoms with Crippen molar-refractivity contribution in [2.45, 2.75) is 11.9 Å². The van der Waals surface area contributed by atoms with Crippen molar-refractivity contribution >= 4 is 5.78 Å². The molecule has 2 rings (SSSR count). The first-order chi connectivity index (χ1) is 9.36. The molecule has 0 saturated heterocycles. The van der Waals surface area contributed by atoms with Crippen molar-refractivity contribution < 1.29 is 30.0 Å². The van der Waals surface area contributed by atoms with E-state index in [1.54, 1.807) is 12.1 Å². The van der Waals surface area contributed by atoms with Gasteiger partial charge in [-0.3, -0.25) is 4.79 Å². The van der Waals surface area contributed by atoms with Crippen LogP contribution in [0.2, 0.25) is 0 Å². The molecule has 0 aromatic heterocycles. The van der Waals surface area contributed by atoms with Crippen molar-refractivity contribution in [2.24, 2.45) is 0 Å². The maximum absolute atomic E-state index is 12.2. The molecule has 1 aromatic rings. The molecule has 0 heterocycles. The van der Waals surface area contributed by atoms with Gasteiger partial charge in [-0.2, -0.15) is 0 Å². The molecule has 20 heavy (non-hydrogen) atoms. The first kappa shape index (κ1) is 14.3. The highest BCUT2D eigenvalue weighted by molar-refractivity contribution is 6.11. The second-order valence-corrected chi connectivity index (χ2v) is 4.38. The van der Waals surface area contributed by atoms with Crippen LogP contribution in [0.3, 0.4) is 0 Å². The lowest BCUT2D eigenvalue weighted by molar-refractivity contribution is -0.186. The van der Waals surface area contributed by atoms with E-state index in [1.165, 1.54) is 19.2 Å². The number of Topliss-reactive ketones (excluding diaryl/α,β-unsaturated/α-hetero) is 1. The number of carbonyl (C=O) groups excluding carboxylic acids is 1. The quantitative estimate of drug-likeness (QED) is 0.468. The Morgan fingerprint density at radius 1 is 1.35 bits per heavy atom. The summed E-state index contributed by atoms with van der Waals surface area (Å²) in [6.45, 7) is 0. The molecule has 1 aromatic carbocycles. The molecule has 0 aliphatic heterocycles. The Morgan fingerprint density at radius 3 is 2.70 bits per heavy atom. The number of aliphatic hydroxyl groups excluding tert-OH is 2. The van der Waals surface area contributed by atoms with Gasteiger partial charge in [0.1, 0.15) is 11.5 Å². The van der Waals surface area contributed by atoms with Gasteiger partial charge in [0.05, 0.1) is 12.7 Å². The molecular formula is C14H14O6. The molecule has 1 aliphatic carbocycles. The van der Waals surface area contributed by atoms with E-state index in [4.69, 9.17) is 4.74 Å². The summed E-state index contributed by atoms with van der Waals surface area (Å²) < 4.78 is 5.00. The Morgan fingerprint density at radius 2 is 2.05 bits per heavy atom. The van der Waals surface area contributed by atoms with Gasteiger partial charge in [-0.25, -0.2) is 0 Å². The number of allylic oxidation sites excluding steroid dienone is 2. The van der Waals surface area contributed by atoms with Crippen molar-refractivity contribution in [3.8, 4) is 5.75 Å². The summed E-state index contributed by atoms with van der Waals surface area (Å²) in [5, 5.41) is 38.0. The molecule has 0 radical (unpaired) electrons. The largest absolute Gasteiger partial charge is 0.509 e. The number of hydrogen-bond acceptors (Lipinski definition) is 6. The first-order valence-electron chi connectivity index (χ1n) is 5.80. The minimum Gasteiger partial charge on any atom is -0.509 e. The number of rotatable bonds is 3. The summed E-state index contributed by atoms with van der Waals surface area (Å²) in [6.07, 6.45) is -0.0775. The molecule has 106 valence electrons. The molecule has 0 amide bonds. The van der Waals surface area contributed by atoms with Crippen molar-refractivity contribution in [1.82, 2.24) is 0 Å². The van der Waals surface area contributed by atoms with E-state index in [0.29, 0.717) is 5.75 Å². The highest BCUT2D eigenvalue weighted by atomic mass is 16.5. The van der Waals surface area contributed by atoms with Crippen LogP contribution in [0.1, 0.15) is 10.4 Å². The fourth-order valence-corrected chi connectivity index (χ4v) is 1.84. The van der Waals surface area contributed by atoms with Crippen LogP contribution in [0.25, 0.3) is 0 Å². The molecule has 1 atom stereocenters. The highest BCUT2D eigenvalue weighted by Gasteiger charge is 2.39. The summed E-state index contributed by atoms with van der Waals surface area (Å²) in [4.78, 5) is 12.2. The third-order valence-electron chi connectivity index (χ3n) is 3.01. The first-order valence-corrected chi connectivity index (χ1v) is 5.80. The highest BCUT2D eigenvalue weighted by Crippen LogP contribution is 2.27. The van der Waals surface area contributed by atoms with Crippen molar-refractivity contribution in [3.05, 3.63) is 53.3 Å². The van der Waals surface area contributed by atoms with E-state index in [9.17, 15) is 25.2 Å². The minimum atomic E-state index is -2.59. The average Bonchev–Trinajstić information content (AvgIpc) is 2.44. The molecule has 4 N–H and O–H groups in total. The Balaban J connectivity index is 2.39. The molecule has 0 spiro atoms. The number of methoxy groups -OCH3 is 1. The van der Waals surface area contributed by atoms with Crippen LogP contribution < -0.4 is 4.74 Å². The van der Waals surface area contributed by atoms with Gasteiger partial charge in [-0.1, -0.05) is 12.1 Å². The zero-order valence-corrected chi connectivity index (χ0v) is 10.6. The van der Waals surface area contributed by atoms with Gasteiger partial charge < -0.3 is 25.2 Å². The summed E-state index contributed by atoms with van der Waals surface area (Å²) in [5.74, 6) is -3.48. The van der Waals surface area contributed by atoms with E-state index >= 15 is 0 Å². The van der Waals surface area contributed by atoms with Crippen LogP contribution in [0, 0.1) is 0 Å². The normalized spacial score (nSPS) is 20.9. The number of carbonyl (C=O) groups is 1. The third-order valence-corrected chi connectivity index (χ3v) is 3.01. The number of hydrogen-bond donors (Lipinski definition) is 4. The van der Waals surface area contributed by atoms with E-state index in [1.807, 2.05) is 0 Å². The van der Waals surface area contributed by atoms with Gasteiger partial charge in [0.2, 0.25) is 5.79 Å². The second-order valence-electron chi connectivity index (χ2n) is 4.38. The minimum absolute atomic E-state index is 0.204. The molecule has 6 nitrogen and oxygen atoms in total. The van der Waals surface area contributed by atoms with E-state index in [0.717, 1.165) is 12.2 Å². The third kappa shape index (κ3) is 2.44. The molecule has 0 saturated carbocycles. The maximum Gasteiger partial charge on any atom is 0.217 e. The van der Waals surface area contributed by atoms with E-state index < -0.39 is 23.4 Å². The predicted octanol–water partition coefficient (Wildman–Crippen LogP) is 0.302. The van der Waals surface area contributed by atoms with E-state index in [2.05, 4.69) is 0 Å². The van der Waals surface area contributed by atoms with Gasteiger partial charge in [-0.05, 0) is 24.3 Å². The number of ketones is 1. The standard InChI is InChI=1S/C14H14O6/c1-20-9-4-2-3-8(7-9)11(15)10-5-6-14(18,19)13(17)12(10)16/h2-7,13,16-19H,1H3. The molecule has 0 fully saturated rings. The van der Waals surface area contributed by atoms with Crippen molar-refractivity contribution in [1.29, 1.82) is 0 Å². The van der Waals surface area contributed by atoms with Gasteiger partial charge in [-0.15, -0.1) is 0 Å². The average molecular weight is 278 g/mol. The van der Waals surface area contributed by atoms with Crippen LogP contribution in [0.4, 0.5) is 0 Å². The summed E-state index contributed by atoms with van der Waals surface area (Å²) >= 11 is 0. The molecule has 1 unspecified atom stereocenters. The van der Waals surface area contributed by atoms with Gasteiger partial charge in [0.15, 0.2) is 11.9 Å². The predicted molar refractivity (Wildman–Crippen MR) is 69.3 cm³/mol. The topological polar surface area (TPSA) is 107 Å². The lowest BCUT2D eigenvalue weighted by Crippen LogP contribution is -2.44. The Kier molecular flexibility index (Phi) is 3.63. The Labute approximate surface area is 114 Å². The fraction of sp³-hybridized carbons (Fsp3) is 0.214. The van der Waals surface area contributed by atoms with Gasteiger partial charge in [0, 0.05) is 5.56 Å². The Bertz CT molecular complexity index is 599. The Hall–Kier alpha value is -2.15. The van der Waals surface area contributed by atoms with Crippen LogP contribution in [-0.2, 0) is 0 Å². The molecular weight excluding hydrogens is 264 g/mol. The van der Waals surface area contributed by atoms with Crippen LogP contribution in [0.5, 0.6) is 5.75 Å². The summed E-state index contributed by atoms with van der Waals surface area (Å²) in [6, 6.07) is 6.26. The van der Waals surface area contributed by atoms with Gasteiger partial charge >= 0.3 is 0 Å². The second kappa shape index (κ2) is 5.09. The molecule has 0 bridgehead atoms. The SMILES string of the molecule is COc1cccc(C(=O)C2=C(O)C(O)C(O)(O)C=C2)c1. The molecule has 6 heteroatoms. The zero-order chi connectivity index (χ0) is 14.9. The fourth-order valence-electron chi connectivity index (χ4n) is 1.84.